The summed E-state index contributed by atoms with van der Waals surface area (Å²) in [6.07, 6.45) is 5.92. The molecule has 1 aliphatic heterocycles. The highest BCUT2D eigenvalue weighted by Gasteiger charge is 2.35. The average molecular weight is 541 g/mol. The number of ketones is 1. The lowest BCUT2D eigenvalue weighted by Gasteiger charge is -2.28. The van der Waals surface area contributed by atoms with Gasteiger partial charge in [0, 0.05) is 40.9 Å². The molecule has 0 spiro atoms. The first-order valence-corrected chi connectivity index (χ1v) is 13.1. The van der Waals surface area contributed by atoms with Crippen LogP contribution < -0.4 is 0 Å². The van der Waals surface area contributed by atoms with Gasteiger partial charge in [-0.1, -0.05) is 61.0 Å². The van der Waals surface area contributed by atoms with Crippen LogP contribution in [-0.4, -0.2) is 39.7 Å². The van der Waals surface area contributed by atoms with Gasteiger partial charge in [-0.3, -0.25) is 9.78 Å². The molecule has 1 N–H and O–H groups in total. The lowest BCUT2D eigenvalue weighted by atomic mass is 9.78. The van der Waals surface area contributed by atoms with E-state index in [-0.39, 0.29) is 34.8 Å². The van der Waals surface area contributed by atoms with Gasteiger partial charge in [-0.2, -0.15) is 4.02 Å². The number of phenolic OH excluding ortho intramolecular Hbond substituents is 1. The number of carbonyl (C=O) groups excluding carboxylic acids is 1. The summed E-state index contributed by atoms with van der Waals surface area (Å²) in [5, 5.41) is 11.0. The summed E-state index contributed by atoms with van der Waals surface area (Å²) in [6.45, 7) is 15.5. The van der Waals surface area contributed by atoms with E-state index in [9.17, 15) is 9.90 Å². The molecule has 0 radical (unpaired) electrons. The van der Waals surface area contributed by atoms with Crippen molar-refractivity contribution in [2.45, 2.75) is 72.1 Å². The van der Waals surface area contributed by atoms with E-state index in [1.807, 2.05) is 30.3 Å². The van der Waals surface area contributed by atoms with Crippen molar-refractivity contribution in [2.24, 2.45) is 9.94 Å². The Morgan fingerprint density at radius 3 is 2.29 bits per heavy atom. The normalized spacial score (nSPS) is 19.1. The van der Waals surface area contributed by atoms with E-state index in [2.05, 4.69) is 84.6 Å². The van der Waals surface area contributed by atoms with Crippen LogP contribution >= 0.6 is 16.1 Å². The molecule has 3 rings (SSSR count). The second-order valence-electron chi connectivity index (χ2n) is 11.5. The van der Waals surface area contributed by atoms with Crippen molar-refractivity contribution in [3.05, 3.63) is 64.5 Å². The molecule has 1 aromatic carbocycles. The van der Waals surface area contributed by atoms with E-state index in [0.29, 0.717) is 5.56 Å². The van der Waals surface area contributed by atoms with Gasteiger partial charge in [0.25, 0.3) is 0 Å². The van der Waals surface area contributed by atoms with Crippen molar-refractivity contribution in [1.82, 2.24) is 9.88 Å². The number of benzene rings is 1. The summed E-state index contributed by atoms with van der Waals surface area (Å²) in [5.74, 6) is 1.37. The smallest absolute Gasteiger partial charge is 0.182 e. The number of nitrogens with zero attached hydrogens (tertiary/aromatic N) is 3. The predicted molar refractivity (Wildman–Crippen MR) is 148 cm³/mol. The van der Waals surface area contributed by atoms with Gasteiger partial charge >= 0.3 is 0 Å². The number of Topliss-reactive ketones (excluding diaryl/α,β-unsaturated/α-hetero) is 1. The van der Waals surface area contributed by atoms with Gasteiger partial charge in [0.1, 0.15) is 11.6 Å². The van der Waals surface area contributed by atoms with Crippen molar-refractivity contribution in [2.75, 3.05) is 13.1 Å². The first-order chi connectivity index (χ1) is 16.4. The van der Waals surface area contributed by atoms with E-state index < -0.39 is 0 Å². The monoisotopic (exact) mass is 539 g/mol. The Morgan fingerprint density at radius 2 is 1.80 bits per heavy atom. The number of rotatable bonds is 6. The molecule has 6 heteroatoms. The van der Waals surface area contributed by atoms with Crippen LogP contribution in [0.1, 0.15) is 88.5 Å². The van der Waals surface area contributed by atoms with Gasteiger partial charge in [-0.15, -0.1) is 0 Å². The molecule has 1 aliphatic rings. The van der Waals surface area contributed by atoms with Gasteiger partial charge in [0.05, 0.1) is 28.4 Å². The van der Waals surface area contributed by atoms with Crippen LogP contribution in [0.5, 0.6) is 5.75 Å². The minimum absolute atomic E-state index is 0.0176. The highest BCUT2D eigenvalue weighted by molar-refractivity contribution is 9.08. The second kappa shape index (κ2) is 10.7. The number of aromatic nitrogens is 1. The fourth-order valence-corrected chi connectivity index (χ4v) is 5.09. The molecule has 5 nitrogen and oxygen atoms in total. The first-order valence-electron chi connectivity index (χ1n) is 12.3. The van der Waals surface area contributed by atoms with Gasteiger partial charge in [-0.05, 0) is 47.6 Å². The van der Waals surface area contributed by atoms with Crippen molar-refractivity contribution < 1.29 is 9.90 Å². The van der Waals surface area contributed by atoms with Crippen molar-refractivity contribution >= 4 is 33.8 Å². The Hall–Kier alpha value is -2.47. The third-order valence-electron chi connectivity index (χ3n) is 6.53. The fourth-order valence-electron chi connectivity index (χ4n) is 4.66. The zero-order chi connectivity index (χ0) is 26.0. The van der Waals surface area contributed by atoms with Crippen LogP contribution in [0.2, 0.25) is 0 Å². The maximum atomic E-state index is 13.6. The Labute approximate surface area is 218 Å². The minimum atomic E-state index is -0.290. The number of phenols is 1. The summed E-state index contributed by atoms with van der Waals surface area (Å²) >= 11 is 3.32. The number of amidine groups is 1. The molecule has 0 amide bonds. The molecule has 35 heavy (non-hydrogen) atoms. The summed E-state index contributed by atoms with van der Waals surface area (Å²) in [4.78, 5) is 20.2. The third kappa shape index (κ3) is 6.21. The molecule has 188 valence electrons. The third-order valence-corrected chi connectivity index (χ3v) is 6.86. The minimum Gasteiger partial charge on any atom is -0.507 e. The van der Waals surface area contributed by atoms with E-state index in [1.54, 1.807) is 6.20 Å². The average Bonchev–Trinajstić information content (AvgIpc) is 3.08. The van der Waals surface area contributed by atoms with Crippen molar-refractivity contribution in [3.63, 3.8) is 0 Å². The van der Waals surface area contributed by atoms with Gasteiger partial charge < -0.3 is 10.0 Å². The van der Waals surface area contributed by atoms with Gasteiger partial charge in [0.15, 0.2) is 5.78 Å². The summed E-state index contributed by atoms with van der Waals surface area (Å²) in [6, 6.07) is 9.58. The van der Waals surface area contributed by atoms with Crippen LogP contribution in [0, 0.1) is 5.92 Å². The van der Waals surface area contributed by atoms with Gasteiger partial charge in [-0.25, -0.2) is 0 Å². The maximum absolute atomic E-state index is 13.6. The fraction of sp³-hybridized carbons (Fsp3) is 0.483. The summed E-state index contributed by atoms with van der Waals surface area (Å²) < 4.78 is 4.42. The number of halogens is 1. The molecule has 1 aromatic heterocycles. The highest BCUT2D eigenvalue weighted by Crippen LogP contribution is 2.40. The zero-order valence-corrected chi connectivity index (χ0v) is 23.6. The number of carbonyl (C=O) groups is 1. The standard InChI is InChI=1S/C29H38BrN3O2/c1-8-11-19-17-33(27(32-30)22(19)16-21-12-9-10-13-31-21)18-25(34)20-14-23(28(2,3)4)26(35)24(15-20)29(5,6)7/h9-10,12-16,19,35H,8,11,17-18H2,1-7H3/b22-16+,32-27?. The SMILES string of the molecule is CCCC1CN(CC(=O)c2cc(C(C)(C)C)c(O)c(C(C)(C)C)c2)C(=NBr)/C1=C/c1ccccn1. The Bertz CT molecular complexity index is 1090. The highest BCUT2D eigenvalue weighted by atomic mass is 79.9. The largest absolute Gasteiger partial charge is 0.507 e. The number of likely N-dealkylation sites (tertiary alicyclic amines) is 1. The van der Waals surface area contributed by atoms with Gasteiger partial charge in [0.2, 0.25) is 0 Å². The molecule has 1 atom stereocenters. The molecule has 0 bridgehead atoms. The Morgan fingerprint density at radius 1 is 1.17 bits per heavy atom. The quantitative estimate of drug-likeness (QED) is 0.398. The zero-order valence-electron chi connectivity index (χ0n) is 22.0. The van der Waals surface area contributed by atoms with Crippen molar-refractivity contribution in [3.8, 4) is 5.75 Å². The maximum Gasteiger partial charge on any atom is 0.182 e. The molecule has 2 aromatic rings. The second-order valence-corrected chi connectivity index (χ2v) is 11.8. The lowest BCUT2D eigenvalue weighted by Crippen LogP contribution is -2.32. The summed E-state index contributed by atoms with van der Waals surface area (Å²) in [5.41, 5.74) is 3.62. The van der Waals surface area contributed by atoms with E-state index in [0.717, 1.165) is 47.6 Å². The molecule has 1 saturated heterocycles. The van der Waals surface area contributed by atoms with Crippen molar-refractivity contribution in [1.29, 1.82) is 0 Å². The number of pyridine rings is 1. The molecule has 0 aliphatic carbocycles. The molecular formula is C29H38BrN3O2. The predicted octanol–water partition coefficient (Wildman–Crippen LogP) is 7.09. The number of hydrogen-bond donors (Lipinski definition) is 1. The molecule has 1 unspecified atom stereocenters. The first kappa shape index (κ1) is 27.1. The van der Waals surface area contributed by atoms with E-state index in [4.69, 9.17) is 0 Å². The molecule has 1 fully saturated rings. The number of hydrogen-bond acceptors (Lipinski definition) is 4. The summed E-state index contributed by atoms with van der Waals surface area (Å²) in [7, 11) is 0. The Balaban J connectivity index is 1.98. The Kier molecular flexibility index (Phi) is 8.25. The van der Waals surface area contributed by atoms with Crippen LogP contribution in [0.15, 0.2) is 46.1 Å². The van der Waals surface area contributed by atoms with E-state index in [1.165, 1.54) is 0 Å². The van der Waals surface area contributed by atoms with Crippen LogP contribution in [0.4, 0.5) is 0 Å². The van der Waals surface area contributed by atoms with Crippen LogP contribution in [-0.2, 0) is 10.8 Å². The topological polar surface area (TPSA) is 65.8 Å². The molecular weight excluding hydrogens is 502 g/mol. The molecule has 2 heterocycles. The molecule has 0 saturated carbocycles. The number of aromatic hydroxyl groups is 1. The van der Waals surface area contributed by atoms with E-state index >= 15 is 0 Å². The van der Waals surface area contributed by atoms with Crippen LogP contribution in [0.25, 0.3) is 6.08 Å². The lowest BCUT2D eigenvalue weighted by molar-refractivity contribution is 0.0963. The van der Waals surface area contributed by atoms with Crippen LogP contribution in [0.3, 0.4) is 0 Å².